The lowest BCUT2D eigenvalue weighted by molar-refractivity contribution is 0.267. The second-order valence-electron chi connectivity index (χ2n) is 5.92. The largest absolute Gasteiger partial charge is 0.390 e. The maximum Gasteiger partial charge on any atom is 0.169 e. The highest BCUT2D eigenvalue weighted by Crippen LogP contribution is 2.29. The number of hydrogen-bond acceptors (Lipinski definition) is 3. The quantitative estimate of drug-likeness (QED) is 0.668. The molecule has 0 aliphatic heterocycles. The van der Waals surface area contributed by atoms with Crippen molar-refractivity contribution in [2.45, 2.75) is 37.4 Å². The van der Waals surface area contributed by atoms with Crippen molar-refractivity contribution in [2.24, 2.45) is 0 Å². The van der Waals surface area contributed by atoms with E-state index in [0.717, 1.165) is 16.6 Å². The van der Waals surface area contributed by atoms with Crippen LogP contribution in [0, 0.1) is 6.92 Å². The van der Waals surface area contributed by atoms with Crippen molar-refractivity contribution in [2.75, 3.05) is 0 Å². The van der Waals surface area contributed by atoms with Crippen molar-refractivity contribution in [1.29, 1.82) is 0 Å². The van der Waals surface area contributed by atoms with Gasteiger partial charge in [-0.05, 0) is 25.0 Å². The van der Waals surface area contributed by atoms with E-state index in [1.165, 1.54) is 16.7 Å². The van der Waals surface area contributed by atoms with Gasteiger partial charge in [-0.1, -0.05) is 71.9 Å². The first kappa shape index (κ1) is 16.8. The summed E-state index contributed by atoms with van der Waals surface area (Å²) in [6, 6.07) is 19.0. The van der Waals surface area contributed by atoms with Gasteiger partial charge in [-0.25, -0.2) is 4.98 Å². The van der Waals surface area contributed by atoms with Crippen LogP contribution in [0.4, 0.5) is 0 Å². The number of rotatable bonds is 6. The minimum absolute atomic E-state index is 0.00478. The van der Waals surface area contributed by atoms with Gasteiger partial charge in [0.15, 0.2) is 5.16 Å². The number of benzene rings is 2. The monoisotopic (exact) mass is 338 g/mol. The molecule has 4 heteroatoms. The molecular formula is C20H22N2OS. The summed E-state index contributed by atoms with van der Waals surface area (Å²) in [6.07, 6.45) is 1.78. The summed E-state index contributed by atoms with van der Waals surface area (Å²) < 4.78 is 2.13. The Morgan fingerprint density at radius 1 is 1.12 bits per heavy atom. The van der Waals surface area contributed by atoms with Crippen molar-refractivity contribution < 1.29 is 5.11 Å². The molecule has 1 aromatic heterocycles. The Balaban J connectivity index is 1.85. The molecule has 0 saturated heterocycles. The summed E-state index contributed by atoms with van der Waals surface area (Å²) in [7, 11) is 0. The molecule has 0 aliphatic carbocycles. The maximum atomic E-state index is 9.68. The molecule has 0 saturated carbocycles. The van der Waals surface area contributed by atoms with Gasteiger partial charge in [0.25, 0.3) is 0 Å². The molecule has 2 aromatic carbocycles. The number of thioether (sulfide) groups is 1. The fraction of sp³-hybridized carbons (Fsp3) is 0.250. The summed E-state index contributed by atoms with van der Waals surface area (Å²) in [4.78, 5) is 4.54. The van der Waals surface area contributed by atoms with E-state index in [1.54, 1.807) is 18.0 Å². The Kier molecular flexibility index (Phi) is 5.38. The van der Waals surface area contributed by atoms with Gasteiger partial charge >= 0.3 is 0 Å². The standard InChI is InChI=1S/C20H22N2OS/c1-15-7-6-8-17(11-15)14-24-20-21-12-19(13-23)22(20)16(2)18-9-4-3-5-10-18/h3-12,16,23H,13-14H2,1-2H3. The lowest BCUT2D eigenvalue weighted by Gasteiger charge is -2.19. The van der Waals surface area contributed by atoms with Gasteiger partial charge in [-0.15, -0.1) is 0 Å². The molecule has 3 rings (SSSR count). The lowest BCUT2D eigenvalue weighted by Crippen LogP contribution is -2.11. The number of aliphatic hydroxyl groups is 1. The fourth-order valence-electron chi connectivity index (χ4n) is 2.85. The van der Waals surface area contributed by atoms with Crippen LogP contribution in [0.3, 0.4) is 0 Å². The molecule has 1 unspecified atom stereocenters. The van der Waals surface area contributed by atoms with E-state index in [-0.39, 0.29) is 12.6 Å². The first-order chi connectivity index (χ1) is 11.7. The molecular weight excluding hydrogens is 316 g/mol. The fourth-order valence-corrected chi connectivity index (χ4v) is 3.86. The van der Waals surface area contributed by atoms with Crippen LogP contribution in [-0.4, -0.2) is 14.7 Å². The summed E-state index contributed by atoms with van der Waals surface area (Å²) in [6.45, 7) is 4.25. The average molecular weight is 338 g/mol. The van der Waals surface area contributed by atoms with Gasteiger partial charge in [-0.3, -0.25) is 0 Å². The minimum atomic E-state index is -0.00478. The zero-order valence-electron chi connectivity index (χ0n) is 14.0. The summed E-state index contributed by atoms with van der Waals surface area (Å²) in [5, 5.41) is 10.6. The highest BCUT2D eigenvalue weighted by Gasteiger charge is 2.17. The zero-order valence-corrected chi connectivity index (χ0v) is 14.8. The van der Waals surface area contributed by atoms with E-state index in [9.17, 15) is 5.11 Å². The van der Waals surface area contributed by atoms with E-state index < -0.39 is 0 Å². The van der Waals surface area contributed by atoms with Crippen LogP contribution in [0.2, 0.25) is 0 Å². The first-order valence-corrected chi connectivity index (χ1v) is 9.08. The van der Waals surface area contributed by atoms with Crippen molar-refractivity contribution in [3.05, 3.63) is 83.2 Å². The molecule has 1 heterocycles. The number of aliphatic hydroxyl groups excluding tert-OH is 1. The minimum Gasteiger partial charge on any atom is -0.390 e. The number of imidazole rings is 1. The molecule has 0 amide bonds. The third kappa shape index (κ3) is 3.71. The molecule has 0 radical (unpaired) electrons. The Morgan fingerprint density at radius 3 is 2.62 bits per heavy atom. The summed E-state index contributed by atoms with van der Waals surface area (Å²) in [5.74, 6) is 0.866. The summed E-state index contributed by atoms with van der Waals surface area (Å²) in [5.41, 5.74) is 4.61. The second-order valence-corrected chi connectivity index (χ2v) is 6.87. The van der Waals surface area contributed by atoms with Crippen LogP contribution in [0.1, 0.15) is 35.3 Å². The Morgan fingerprint density at radius 2 is 1.92 bits per heavy atom. The Bertz CT molecular complexity index is 798. The number of aromatic nitrogens is 2. The highest BCUT2D eigenvalue weighted by molar-refractivity contribution is 7.98. The molecule has 124 valence electrons. The topological polar surface area (TPSA) is 38.1 Å². The van der Waals surface area contributed by atoms with Crippen molar-refractivity contribution in [3.63, 3.8) is 0 Å². The van der Waals surface area contributed by atoms with Gasteiger partial charge in [0.05, 0.1) is 24.5 Å². The zero-order chi connectivity index (χ0) is 16.9. The number of nitrogens with zero attached hydrogens (tertiary/aromatic N) is 2. The molecule has 24 heavy (non-hydrogen) atoms. The van der Waals surface area contributed by atoms with Crippen LogP contribution in [0.15, 0.2) is 66.0 Å². The third-order valence-electron chi connectivity index (χ3n) is 4.12. The molecule has 0 spiro atoms. The molecule has 1 atom stereocenters. The third-order valence-corrected chi connectivity index (χ3v) is 5.16. The van der Waals surface area contributed by atoms with Crippen molar-refractivity contribution in [1.82, 2.24) is 9.55 Å². The number of aryl methyl sites for hydroxylation is 1. The van der Waals surface area contributed by atoms with E-state index in [4.69, 9.17) is 0 Å². The van der Waals surface area contributed by atoms with Gasteiger partial charge in [0.2, 0.25) is 0 Å². The van der Waals surface area contributed by atoms with Crippen molar-refractivity contribution in [3.8, 4) is 0 Å². The molecule has 0 fully saturated rings. The molecule has 0 aliphatic rings. The molecule has 1 N–H and O–H groups in total. The predicted octanol–water partition coefficient (Wildman–Crippen LogP) is 4.59. The predicted molar refractivity (Wildman–Crippen MR) is 99.1 cm³/mol. The second kappa shape index (κ2) is 7.69. The highest BCUT2D eigenvalue weighted by atomic mass is 32.2. The van der Waals surface area contributed by atoms with E-state index in [0.29, 0.717) is 0 Å². The van der Waals surface area contributed by atoms with Crippen LogP contribution in [0.5, 0.6) is 0 Å². The van der Waals surface area contributed by atoms with Crippen molar-refractivity contribution >= 4 is 11.8 Å². The van der Waals surface area contributed by atoms with E-state index in [2.05, 4.69) is 59.8 Å². The molecule has 3 aromatic rings. The van der Waals surface area contributed by atoms with Crippen LogP contribution in [-0.2, 0) is 12.4 Å². The van der Waals surface area contributed by atoms with E-state index in [1.807, 2.05) is 18.2 Å². The first-order valence-electron chi connectivity index (χ1n) is 8.09. The maximum absolute atomic E-state index is 9.68. The van der Waals surface area contributed by atoms with Gasteiger partial charge in [0.1, 0.15) is 0 Å². The molecule has 0 bridgehead atoms. The van der Waals surface area contributed by atoms with Gasteiger partial charge < -0.3 is 9.67 Å². The Labute approximate surface area is 147 Å². The van der Waals surface area contributed by atoms with Crippen LogP contribution >= 0.6 is 11.8 Å². The van der Waals surface area contributed by atoms with Crippen LogP contribution < -0.4 is 0 Å². The SMILES string of the molecule is Cc1cccc(CSc2ncc(CO)n2C(C)c2ccccc2)c1. The summed E-state index contributed by atoms with van der Waals surface area (Å²) >= 11 is 1.71. The Hall–Kier alpha value is -2.04. The van der Waals surface area contributed by atoms with E-state index >= 15 is 0 Å². The van der Waals surface area contributed by atoms with Gasteiger partial charge in [-0.2, -0.15) is 0 Å². The van der Waals surface area contributed by atoms with Gasteiger partial charge in [0, 0.05) is 5.75 Å². The number of hydrogen-bond donors (Lipinski definition) is 1. The molecule has 3 nitrogen and oxygen atoms in total. The average Bonchev–Trinajstić information content (AvgIpc) is 3.03. The normalized spacial score (nSPS) is 12.3. The smallest absolute Gasteiger partial charge is 0.169 e. The van der Waals surface area contributed by atoms with Crippen LogP contribution in [0.25, 0.3) is 0 Å². The lowest BCUT2D eigenvalue weighted by atomic mass is 10.1.